The van der Waals surface area contributed by atoms with Crippen molar-refractivity contribution in [3.05, 3.63) is 69.5 Å². The molecule has 0 unspecified atom stereocenters. The molecule has 0 aliphatic heterocycles. The Bertz CT molecular complexity index is 750. The Labute approximate surface area is 154 Å². The molecule has 0 saturated carbocycles. The second-order valence-electron chi connectivity index (χ2n) is 5.30. The summed E-state index contributed by atoms with van der Waals surface area (Å²) in [5.41, 5.74) is 1.48. The lowest BCUT2D eigenvalue weighted by Crippen LogP contribution is -2.30. The second kappa shape index (κ2) is 9.39. The number of amides is 1. The van der Waals surface area contributed by atoms with Gasteiger partial charge in [0.05, 0.1) is 6.42 Å². The van der Waals surface area contributed by atoms with Gasteiger partial charge in [0.15, 0.2) is 6.61 Å². The number of hydrogen-bond acceptors (Lipinski definition) is 3. The van der Waals surface area contributed by atoms with E-state index in [1.54, 1.807) is 18.2 Å². The van der Waals surface area contributed by atoms with Crippen LogP contribution in [0.2, 0.25) is 10.0 Å². The summed E-state index contributed by atoms with van der Waals surface area (Å²) in [7, 11) is 0. The van der Waals surface area contributed by atoms with E-state index in [9.17, 15) is 14.0 Å². The molecule has 25 heavy (non-hydrogen) atoms. The maximum atomic E-state index is 12.8. The van der Waals surface area contributed by atoms with Gasteiger partial charge in [-0.25, -0.2) is 4.39 Å². The average Bonchev–Trinajstić information content (AvgIpc) is 2.57. The molecule has 0 aliphatic rings. The molecular weight excluding hydrogens is 368 g/mol. The summed E-state index contributed by atoms with van der Waals surface area (Å²) >= 11 is 11.9. The molecule has 4 nitrogen and oxygen atoms in total. The first-order valence-electron chi connectivity index (χ1n) is 7.55. The molecule has 2 rings (SSSR count). The van der Waals surface area contributed by atoms with Crippen LogP contribution in [0.5, 0.6) is 0 Å². The first kappa shape index (κ1) is 19.2. The van der Waals surface area contributed by atoms with Crippen molar-refractivity contribution in [1.82, 2.24) is 5.32 Å². The number of carbonyl (C=O) groups is 2. The van der Waals surface area contributed by atoms with E-state index in [2.05, 4.69) is 5.32 Å². The number of nitrogens with one attached hydrogen (secondary N) is 1. The number of benzene rings is 2. The van der Waals surface area contributed by atoms with Crippen LogP contribution in [0.3, 0.4) is 0 Å². The van der Waals surface area contributed by atoms with Gasteiger partial charge in [-0.2, -0.15) is 0 Å². The summed E-state index contributed by atoms with van der Waals surface area (Å²) in [6.45, 7) is -0.00984. The van der Waals surface area contributed by atoms with E-state index in [-0.39, 0.29) is 18.8 Å². The summed E-state index contributed by atoms with van der Waals surface area (Å²) < 4.78 is 17.7. The van der Waals surface area contributed by atoms with Gasteiger partial charge in [-0.05, 0) is 41.8 Å². The third kappa shape index (κ3) is 6.72. The quantitative estimate of drug-likeness (QED) is 0.743. The van der Waals surface area contributed by atoms with Crippen LogP contribution in [0, 0.1) is 5.82 Å². The Kier molecular flexibility index (Phi) is 7.22. The molecule has 0 aromatic heterocycles. The monoisotopic (exact) mass is 383 g/mol. The number of hydrogen-bond donors (Lipinski definition) is 1. The van der Waals surface area contributed by atoms with Gasteiger partial charge in [0.2, 0.25) is 0 Å². The highest BCUT2D eigenvalue weighted by atomic mass is 35.5. The molecule has 2 aromatic rings. The van der Waals surface area contributed by atoms with Gasteiger partial charge in [0, 0.05) is 16.6 Å². The molecule has 0 radical (unpaired) electrons. The summed E-state index contributed by atoms with van der Waals surface area (Å²) in [6, 6.07) is 10.7. The van der Waals surface area contributed by atoms with E-state index in [0.717, 1.165) is 5.56 Å². The van der Waals surface area contributed by atoms with Gasteiger partial charge < -0.3 is 10.1 Å². The summed E-state index contributed by atoms with van der Waals surface area (Å²) in [5, 5.41) is 3.72. The maximum absolute atomic E-state index is 12.8. The normalized spacial score (nSPS) is 10.4. The molecule has 0 atom stereocenters. The second-order valence-corrected chi connectivity index (χ2v) is 6.14. The molecule has 7 heteroatoms. The van der Waals surface area contributed by atoms with Crippen molar-refractivity contribution in [2.75, 3.05) is 13.2 Å². The van der Waals surface area contributed by atoms with Crippen LogP contribution in [-0.4, -0.2) is 25.0 Å². The van der Waals surface area contributed by atoms with Gasteiger partial charge in [-0.15, -0.1) is 0 Å². The fourth-order valence-electron chi connectivity index (χ4n) is 2.08. The van der Waals surface area contributed by atoms with Crippen molar-refractivity contribution in [3.63, 3.8) is 0 Å². The third-order valence-electron chi connectivity index (χ3n) is 3.36. The highest BCUT2D eigenvalue weighted by Gasteiger charge is 2.09. The van der Waals surface area contributed by atoms with E-state index < -0.39 is 11.9 Å². The Morgan fingerprint density at radius 3 is 2.48 bits per heavy atom. The minimum Gasteiger partial charge on any atom is -0.455 e. The Balaban J connectivity index is 1.68. The zero-order valence-electron chi connectivity index (χ0n) is 13.2. The molecule has 1 amide bonds. The van der Waals surface area contributed by atoms with Crippen LogP contribution in [0.15, 0.2) is 42.5 Å². The summed E-state index contributed by atoms with van der Waals surface area (Å²) in [4.78, 5) is 23.3. The van der Waals surface area contributed by atoms with Crippen molar-refractivity contribution < 1.29 is 18.7 Å². The molecule has 0 aliphatic carbocycles. The topological polar surface area (TPSA) is 55.4 Å². The Morgan fingerprint density at radius 1 is 1.08 bits per heavy atom. The maximum Gasteiger partial charge on any atom is 0.310 e. The minimum atomic E-state index is -0.553. The average molecular weight is 384 g/mol. The standard InChI is InChI=1S/C18H16Cl2FNO3/c19-14-4-3-13(16(20)10-14)7-8-22-17(23)11-25-18(24)9-12-1-5-15(21)6-2-12/h1-6,10H,7-9,11H2,(H,22,23). The van der Waals surface area contributed by atoms with E-state index in [0.29, 0.717) is 28.6 Å². The Hall–Kier alpha value is -2.11. The highest BCUT2D eigenvalue weighted by molar-refractivity contribution is 6.35. The number of carbonyl (C=O) groups excluding carboxylic acids is 2. The zero-order valence-corrected chi connectivity index (χ0v) is 14.7. The van der Waals surface area contributed by atoms with Crippen molar-refractivity contribution in [2.45, 2.75) is 12.8 Å². The molecule has 2 aromatic carbocycles. The van der Waals surface area contributed by atoms with Gasteiger partial charge in [0.25, 0.3) is 5.91 Å². The largest absolute Gasteiger partial charge is 0.455 e. The van der Waals surface area contributed by atoms with Crippen LogP contribution in [0.1, 0.15) is 11.1 Å². The van der Waals surface area contributed by atoms with E-state index >= 15 is 0 Å². The molecule has 0 heterocycles. The molecule has 0 saturated heterocycles. The molecule has 0 bridgehead atoms. The SMILES string of the molecule is O=C(COC(=O)Cc1ccc(F)cc1)NCCc1ccc(Cl)cc1Cl. The Morgan fingerprint density at radius 2 is 1.80 bits per heavy atom. The predicted octanol–water partition coefficient (Wildman–Crippen LogP) is 3.58. The number of halogens is 3. The van der Waals surface area contributed by atoms with E-state index in [4.69, 9.17) is 27.9 Å². The molecule has 132 valence electrons. The summed E-state index contributed by atoms with van der Waals surface area (Å²) in [5.74, 6) is -1.34. The van der Waals surface area contributed by atoms with Crippen LogP contribution in [0.4, 0.5) is 4.39 Å². The first-order valence-corrected chi connectivity index (χ1v) is 8.30. The van der Waals surface area contributed by atoms with Gasteiger partial charge in [-0.1, -0.05) is 41.4 Å². The lowest BCUT2D eigenvalue weighted by atomic mass is 10.1. The van der Waals surface area contributed by atoms with Crippen molar-refractivity contribution in [2.24, 2.45) is 0 Å². The zero-order chi connectivity index (χ0) is 18.2. The van der Waals surface area contributed by atoms with Crippen molar-refractivity contribution >= 4 is 35.1 Å². The highest BCUT2D eigenvalue weighted by Crippen LogP contribution is 2.21. The third-order valence-corrected chi connectivity index (χ3v) is 3.94. The molecule has 0 spiro atoms. The number of ether oxygens (including phenoxy) is 1. The number of esters is 1. The molecule has 1 N–H and O–H groups in total. The molecular formula is C18H16Cl2FNO3. The van der Waals surface area contributed by atoms with E-state index in [1.165, 1.54) is 24.3 Å². The van der Waals surface area contributed by atoms with Gasteiger partial charge in [-0.3, -0.25) is 9.59 Å². The lowest BCUT2D eigenvalue weighted by Gasteiger charge is -2.08. The van der Waals surface area contributed by atoms with Gasteiger partial charge in [0.1, 0.15) is 5.82 Å². The van der Waals surface area contributed by atoms with Crippen LogP contribution >= 0.6 is 23.2 Å². The number of rotatable bonds is 7. The fourth-order valence-corrected chi connectivity index (χ4v) is 2.58. The van der Waals surface area contributed by atoms with Crippen LogP contribution < -0.4 is 5.32 Å². The first-order chi connectivity index (χ1) is 11.9. The smallest absolute Gasteiger partial charge is 0.310 e. The van der Waals surface area contributed by atoms with Crippen molar-refractivity contribution in [1.29, 1.82) is 0 Å². The van der Waals surface area contributed by atoms with Crippen LogP contribution in [0.25, 0.3) is 0 Å². The fraction of sp³-hybridized carbons (Fsp3) is 0.222. The minimum absolute atomic E-state index is 0.0199. The van der Waals surface area contributed by atoms with Crippen molar-refractivity contribution in [3.8, 4) is 0 Å². The van der Waals surface area contributed by atoms with Gasteiger partial charge >= 0.3 is 5.97 Å². The predicted molar refractivity (Wildman–Crippen MR) is 94.2 cm³/mol. The summed E-state index contributed by atoms with van der Waals surface area (Å²) in [6.07, 6.45) is 0.513. The molecule has 0 fully saturated rings. The van der Waals surface area contributed by atoms with Crippen LogP contribution in [-0.2, 0) is 27.2 Å². The van der Waals surface area contributed by atoms with E-state index in [1.807, 2.05) is 0 Å². The lowest BCUT2D eigenvalue weighted by molar-refractivity contribution is -0.147.